The van der Waals surface area contributed by atoms with Crippen molar-refractivity contribution in [1.82, 2.24) is 4.90 Å². The van der Waals surface area contributed by atoms with Crippen LogP contribution in [-0.4, -0.2) is 36.3 Å². The summed E-state index contributed by atoms with van der Waals surface area (Å²) in [7, 11) is 3.07. The Kier molecular flexibility index (Phi) is 5.43. The fraction of sp³-hybridized carbons (Fsp3) is 0.467. The van der Waals surface area contributed by atoms with E-state index in [1.54, 1.807) is 6.92 Å². The molecule has 0 aliphatic carbocycles. The summed E-state index contributed by atoms with van der Waals surface area (Å²) in [4.78, 5) is 25.2. The van der Waals surface area contributed by atoms with Gasteiger partial charge in [-0.3, -0.25) is 9.59 Å². The topological polar surface area (TPSA) is 75.4 Å². The zero-order chi connectivity index (χ0) is 16.2. The van der Waals surface area contributed by atoms with E-state index in [1.807, 2.05) is 6.92 Å². The molecule has 0 bridgehead atoms. The fourth-order valence-electron chi connectivity index (χ4n) is 1.91. The van der Waals surface area contributed by atoms with Gasteiger partial charge in [0.25, 0.3) is 5.91 Å². The summed E-state index contributed by atoms with van der Waals surface area (Å²) < 4.78 is 13.7. The van der Waals surface area contributed by atoms with E-state index in [4.69, 9.17) is 5.73 Å². The smallest absolute Gasteiger partial charge is 0.256 e. The second-order valence-electron chi connectivity index (χ2n) is 5.52. The van der Waals surface area contributed by atoms with Crippen LogP contribution in [0.4, 0.5) is 10.1 Å². The van der Waals surface area contributed by atoms with Crippen LogP contribution >= 0.6 is 0 Å². The maximum atomic E-state index is 13.7. The highest BCUT2D eigenvalue weighted by molar-refractivity contribution is 6.00. The van der Waals surface area contributed by atoms with Crippen LogP contribution in [0.2, 0.25) is 0 Å². The summed E-state index contributed by atoms with van der Waals surface area (Å²) in [6.07, 6.45) is 1.30. The van der Waals surface area contributed by atoms with E-state index < -0.39 is 17.3 Å². The average molecular weight is 295 g/mol. The maximum Gasteiger partial charge on any atom is 0.256 e. The van der Waals surface area contributed by atoms with Gasteiger partial charge < -0.3 is 16.0 Å². The molecule has 0 aromatic heterocycles. The van der Waals surface area contributed by atoms with Crippen molar-refractivity contribution < 1.29 is 14.0 Å². The Balaban J connectivity index is 2.98. The minimum atomic E-state index is -1.01. The van der Waals surface area contributed by atoms with E-state index in [0.29, 0.717) is 12.1 Å². The third kappa shape index (κ3) is 4.26. The first-order valence-electron chi connectivity index (χ1n) is 6.80. The van der Waals surface area contributed by atoms with Gasteiger partial charge in [-0.15, -0.1) is 0 Å². The highest BCUT2D eigenvalue weighted by Crippen LogP contribution is 2.18. The highest BCUT2D eigenvalue weighted by Gasteiger charge is 2.27. The van der Waals surface area contributed by atoms with Crippen molar-refractivity contribution in [1.29, 1.82) is 0 Å². The number of nitrogens with two attached hydrogens (primary N) is 1. The molecule has 0 saturated heterocycles. The second-order valence-corrected chi connectivity index (χ2v) is 5.52. The molecule has 6 heteroatoms. The van der Waals surface area contributed by atoms with Crippen molar-refractivity contribution in [3.8, 4) is 0 Å². The first-order valence-corrected chi connectivity index (χ1v) is 6.80. The minimum Gasteiger partial charge on any atom is -0.345 e. The van der Waals surface area contributed by atoms with Crippen molar-refractivity contribution in [2.45, 2.75) is 32.2 Å². The summed E-state index contributed by atoms with van der Waals surface area (Å²) in [5, 5.41) is 2.63. The summed E-state index contributed by atoms with van der Waals surface area (Å²) >= 11 is 0. The normalized spacial score (nSPS) is 13.4. The summed E-state index contributed by atoms with van der Waals surface area (Å²) in [6.45, 7) is 3.57. The summed E-state index contributed by atoms with van der Waals surface area (Å²) in [5.74, 6) is -1.46. The van der Waals surface area contributed by atoms with E-state index in [-0.39, 0.29) is 11.5 Å². The number of rotatable bonds is 5. The molecule has 0 fully saturated rings. The van der Waals surface area contributed by atoms with Crippen molar-refractivity contribution in [2.75, 3.05) is 19.4 Å². The number of carbonyl (C=O) groups is 2. The number of hydrogen-bond donors (Lipinski definition) is 2. The number of halogens is 1. The minimum absolute atomic E-state index is 0.0907. The SMILES string of the molecule is CCCC(C)(N)C(=O)Nc1ccc(F)c(C(=O)N(C)C)c1. The van der Waals surface area contributed by atoms with Crippen LogP contribution in [0.15, 0.2) is 18.2 Å². The molecule has 116 valence electrons. The number of anilines is 1. The highest BCUT2D eigenvalue weighted by atomic mass is 19.1. The van der Waals surface area contributed by atoms with Crippen LogP contribution in [-0.2, 0) is 4.79 Å². The zero-order valence-electron chi connectivity index (χ0n) is 12.9. The van der Waals surface area contributed by atoms with Crippen molar-refractivity contribution >= 4 is 17.5 Å². The molecule has 0 aliphatic heterocycles. The molecule has 1 aromatic carbocycles. The van der Waals surface area contributed by atoms with Crippen molar-refractivity contribution in [3.05, 3.63) is 29.6 Å². The third-order valence-corrected chi connectivity index (χ3v) is 3.15. The lowest BCUT2D eigenvalue weighted by Crippen LogP contribution is -2.48. The molecule has 1 unspecified atom stereocenters. The van der Waals surface area contributed by atoms with Crippen molar-refractivity contribution in [2.24, 2.45) is 5.73 Å². The Bertz CT molecular complexity index is 542. The first kappa shape index (κ1) is 17.1. The lowest BCUT2D eigenvalue weighted by Gasteiger charge is -2.23. The molecule has 0 spiro atoms. The molecular formula is C15H22FN3O2. The first-order chi connectivity index (χ1) is 9.69. The Hall–Kier alpha value is -1.95. The lowest BCUT2D eigenvalue weighted by molar-refractivity contribution is -0.120. The molecule has 1 atom stereocenters. The van der Waals surface area contributed by atoms with Crippen molar-refractivity contribution in [3.63, 3.8) is 0 Å². The molecule has 1 rings (SSSR count). The number of nitrogens with one attached hydrogen (secondary N) is 1. The maximum absolute atomic E-state index is 13.7. The van der Waals surface area contributed by atoms with E-state index in [1.165, 1.54) is 31.1 Å². The molecule has 0 aliphatic rings. The van der Waals surface area contributed by atoms with Crippen LogP contribution in [0.5, 0.6) is 0 Å². The van der Waals surface area contributed by atoms with E-state index in [9.17, 15) is 14.0 Å². The molecule has 2 amide bonds. The number of nitrogens with zero attached hydrogens (tertiary/aromatic N) is 1. The van der Waals surface area contributed by atoms with Crippen LogP contribution in [0.25, 0.3) is 0 Å². The molecule has 3 N–H and O–H groups in total. The Morgan fingerprint density at radius 1 is 1.38 bits per heavy atom. The zero-order valence-corrected chi connectivity index (χ0v) is 12.9. The van der Waals surface area contributed by atoms with Gasteiger partial charge in [0.1, 0.15) is 5.82 Å². The number of carbonyl (C=O) groups excluding carboxylic acids is 2. The van der Waals surface area contributed by atoms with E-state index in [2.05, 4.69) is 5.32 Å². The number of amides is 2. The molecule has 21 heavy (non-hydrogen) atoms. The summed E-state index contributed by atoms with van der Waals surface area (Å²) in [5.41, 5.74) is 5.18. The second kappa shape index (κ2) is 6.67. The van der Waals surface area contributed by atoms with Crippen LogP contribution in [0.3, 0.4) is 0 Å². The van der Waals surface area contributed by atoms with Gasteiger partial charge in [0.2, 0.25) is 5.91 Å². The van der Waals surface area contributed by atoms with Gasteiger partial charge in [0, 0.05) is 19.8 Å². The van der Waals surface area contributed by atoms with Crippen LogP contribution in [0, 0.1) is 5.82 Å². The molecule has 5 nitrogen and oxygen atoms in total. The fourth-order valence-corrected chi connectivity index (χ4v) is 1.91. The van der Waals surface area contributed by atoms with Gasteiger partial charge in [0.15, 0.2) is 0 Å². The molecule has 0 heterocycles. The van der Waals surface area contributed by atoms with Gasteiger partial charge >= 0.3 is 0 Å². The molecule has 0 saturated carbocycles. The lowest BCUT2D eigenvalue weighted by atomic mass is 9.96. The van der Waals surface area contributed by atoms with Gasteiger partial charge in [-0.2, -0.15) is 0 Å². The van der Waals surface area contributed by atoms with E-state index >= 15 is 0 Å². The Morgan fingerprint density at radius 2 is 2.00 bits per heavy atom. The van der Waals surface area contributed by atoms with Gasteiger partial charge in [-0.1, -0.05) is 13.3 Å². The standard InChI is InChI=1S/C15H22FN3O2/c1-5-8-15(2,17)14(21)18-10-6-7-12(16)11(9-10)13(20)19(3)4/h6-7,9H,5,8,17H2,1-4H3,(H,18,21). The molecule has 0 radical (unpaired) electrons. The predicted octanol–water partition coefficient (Wildman–Crippen LogP) is 1.98. The molecule has 1 aromatic rings. The average Bonchev–Trinajstić information content (AvgIpc) is 2.39. The van der Waals surface area contributed by atoms with Crippen LogP contribution < -0.4 is 11.1 Å². The largest absolute Gasteiger partial charge is 0.345 e. The van der Waals surface area contributed by atoms with Gasteiger partial charge in [0.05, 0.1) is 11.1 Å². The summed E-state index contributed by atoms with van der Waals surface area (Å²) in [6, 6.07) is 3.87. The van der Waals surface area contributed by atoms with Gasteiger partial charge in [-0.25, -0.2) is 4.39 Å². The predicted molar refractivity (Wildman–Crippen MR) is 80.5 cm³/mol. The molecular weight excluding hydrogens is 273 g/mol. The number of benzene rings is 1. The Morgan fingerprint density at radius 3 is 2.52 bits per heavy atom. The van der Waals surface area contributed by atoms with E-state index in [0.717, 1.165) is 12.5 Å². The monoisotopic (exact) mass is 295 g/mol. The Labute approximate surface area is 124 Å². The third-order valence-electron chi connectivity index (χ3n) is 3.15. The quantitative estimate of drug-likeness (QED) is 0.872. The number of hydrogen-bond acceptors (Lipinski definition) is 3. The van der Waals surface area contributed by atoms with Crippen LogP contribution in [0.1, 0.15) is 37.0 Å². The van der Waals surface area contributed by atoms with Gasteiger partial charge in [-0.05, 0) is 31.5 Å².